The summed E-state index contributed by atoms with van der Waals surface area (Å²) in [4.78, 5) is 15.6. The number of benzene rings is 3. The van der Waals surface area contributed by atoms with E-state index in [1.165, 1.54) is 6.33 Å². The smallest absolute Gasteiger partial charge is 0.304 e. The van der Waals surface area contributed by atoms with Crippen molar-refractivity contribution in [3.8, 4) is 16.9 Å². The van der Waals surface area contributed by atoms with E-state index in [0.29, 0.717) is 18.2 Å². The molecule has 1 N–H and O–H groups in total. The quantitative estimate of drug-likeness (QED) is 0.368. The summed E-state index contributed by atoms with van der Waals surface area (Å²) >= 11 is 6.28. The van der Waals surface area contributed by atoms with Crippen molar-refractivity contribution < 1.29 is 14.6 Å². The van der Waals surface area contributed by atoms with Gasteiger partial charge in [-0.2, -0.15) is 5.10 Å². The average Bonchev–Trinajstić information content (AvgIpc) is 3.24. The van der Waals surface area contributed by atoms with Gasteiger partial charge in [-0.15, -0.1) is 0 Å². The zero-order chi connectivity index (χ0) is 23.4. The van der Waals surface area contributed by atoms with E-state index in [1.54, 1.807) is 11.7 Å². The number of nitrogens with zero attached hydrogens (tertiary/aromatic N) is 3. The molecule has 1 heterocycles. The normalized spacial score (nSPS) is 11.8. The van der Waals surface area contributed by atoms with Gasteiger partial charge in [-0.3, -0.25) is 9.48 Å². The molecule has 0 bridgehead atoms. The second-order valence-electron chi connectivity index (χ2n) is 7.86. The molecule has 4 rings (SSSR count). The summed E-state index contributed by atoms with van der Waals surface area (Å²) in [6.45, 7) is 2.43. The molecule has 33 heavy (non-hydrogen) atoms. The lowest BCUT2D eigenvalue weighted by Crippen LogP contribution is -2.13. The van der Waals surface area contributed by atoms with E-state index in [2.05, 4.69) is 28.3 Å². The summed E-state index contributed by atoms with van der Waals surface area (Å²) in [5.74, 6) is 0.0362. The van der Waals surface area contributed by atoms with Crippen LogP contribution in [0.1, 0.15) is 34.9 Å². The van der Waals surface area contributed by atoms with Crippen LogP contribution in [0.5, 0.6) is 5.75 Å². The number of carboxylic acids is 1. The van der Waals surface area contributed by atoms with Gasteiger partial charge in [0.25, 0.3) is 0 Å². The molecule has 0 aliphatic carbocycles. The molecule has 0 aliphatic heterocycles. The zero-order valence-electron chi connectivity index (χ0n) is 18.4. The third-order valence-corrected chi connectivity index (χ3v) is 6.04. The summed E-state index contributed by atoms with van der Waals surface area (Å²) in [5, 5.41) is 14.2. The van der Waals surface area contributed by atoms with Gasteiger partial charge in [0.05, 0.1) is 12.3 Å². The molecule has 0 radical (unpaired) electrons. The number of aryl methyl sites for hydroxylation is 1. The fourth-order valence-electron chi connectivity index (χ4n) is 3.87. The Morgan fingerprint density at radius 2 is 1.88 bits per heavy atom. The highest BCUT2D eigenvalue weighted by Crippen LogP contribution is 2.30. The first-order valence-electron chi connectivity index (χ1n) is 10.5. The number of hydrogen-bond donors (Lipinski definition) is 1. The van der Waals surface area contributed by atoms with Gasteiger partial charge >= 0.3 is 5.97 Å². The van der Waals surface area contributed by atoms with Gasteiger partial charge < -0.3 is 9.84 Å². The van der Waals surface area contributed by atoms with Gasteiger partial charge in [-0.05, 0) is 59.0 Å². The minimum absolute atomic E-state index is 0.0670. The molecule has 0 aliphatic rings. The van der Waals surface area contributed by atoms with Gasteiger partial charge in [0, 0.05) is 12.1 Å². The Morgan fingerprint density at radius 3 is 2.58 bits per heavy atom. The first-order valence-corrected chi connectivity index (χ1v) is 10.9. The van der Waals surface area contributed by atoms with E-state index >= 15 is 0 Å². The third-order valence-electron chi connectivity index (χ3n) is 5.63. The number of hydrogen-bond acceptors (Lipinski definition) is 4. The van der Waals surface area contributed by atoms with Crippen LogP contribution in [-0.4, -0.2) is 25.8 Å². The molecule has 0 fully saturated rings. The largest absolute Gasteiger partial charge is 0.489 e. The monoisotopic (exact) mass is 461 g/mol. The fourth-order valence-corrected chi connectivity index (χ4v) is 4.04. The minimum Gasteiger partial charge on any atom is -0.489 e. The van der Waals surface area contributed by atoms with E-state index < -0.39 is 5.97 Å². The van der Waals surface area contributed by atoms with Crippen molar-refractivity contribution in [1.29, 1.82) is 0 Å². The lowest BCUT2D eigenvalue weighted by molar-refractivity contribution is -0.137. The summed E-state index contributed by atoms with van der Waals surface area (Å²) in [5.41, 5.74) is 5.12. The lowest BCUT2D eigenvalue weighted by atomic mass is 9.95. The first-order chi connectivity index (χ1) is 15.9. The van der Waals surface area contributed by atoms with Crippen LogP contribution in [-0.2, 0) is 18.4 Å². The molecular formula is C26H24ClN3O3. The number of aromatic nitrogens is 3. The van der Waals surface area contributed by atoms with E-state index in [9.17, 15) is 9.90 Å². The topological polar surface area (TPSA) is 77.2 Å². The van der Waals surface area contributed by atoms with Crippen molar-refractivity contribution >= 4 is 17.6 Å². The maximum Gasteiger partial charge on any atom is 0.304 e. The number of carbonyl (C=O) groups is 1. The highest BCUT2D eigenvalue weighted by molar-refractivity contribution is 6.31. The van der Waals surface area contributed by atoms with Crippen LogP contribution in [0.25, 0.3) is 11.1 Å². The van der Waals surface area contributed by atoms with Crippen LogP contribution in [0.4, 0.5) is 0 Å². The summed E-state index contributed by atoms with van der Waals surface area (Å²) in [6, 6.07) is 21.6. The van der Waals surface area contributed by atoms with Crippen molar-refractivity contribution in [2.45, 2.75) is 25.9 Å². The van der Waals surface area contributed by atoms with Crippen LogP contribution < -0.4 is 4.74 Å². The predicted molar refractivity (Wildman–Crippen MR) is 127 cm³/mol. The molecule has 0 saturated heterocycles. The van der Waals surface area contributed by atoms with Crippen molar-refractivity contribution in [2.24, 2.45) is 7.05 Å². The van der Waals surface area contributed by atoms with Gasteiger partial charge in [0.1, 0.15) is 24.5 Å². The second-order valence-corrected chi connectivity index (χ2v) is 8.27. The molecular weight excluding hydrogens is 438 g/mol. The number of carboxylic acid groups (broad SMARTS) is 1. The van der Waals surface area contributed by atoms with Gasteiger partial charge in [0.15, 0.2) is 0 Å². The number of halogens is 1. The Balaban J connectivity index is 1.48. The molecule has 3 aromatic carbocycles. The van der Waals surface area contributed by atoms with Crippen LogP contribution in [0.2, 0.25) is 5.02 Å². The lowest BCUT2D eigenvalue weighted by Gasteiger charge is -2.15. The second kappa shape index (κ2) is 9.88. The average molecular weight is 462 g/mol. The molecule has 0 unspecified atom stereocenters. The standard InChI is InChI=1S/C26H24ClN3O3/c1-17-22(7-4-8-24(17)27)20-6-3-5-18(13-20)15-33-21-11-9-19(10-12-21)23(14-25(31)32)26-28-16-29-30(26)2/h3-13,16,23H,14-15H2,1-2H3,(H,31,32)/t23-/m0/s1. The zero-order valence-corrected chi connectivity index (χ0v) is 19.2. The Bertz CT molecular complexity index is 1270. The van der Waals surface area contributed by atoms with Crippen molar-refractivity contribution in [3.05, 3.63) is 101 Å². The van der Waals surface area contributed by atoms with Crippen molar-refractivity contribution in [2.75, 3.05) is 0 Å². The third kappa shape index (κ3) is 5.23. The number of rotatable bonds is 8. The molecule has 1 aromatic heterocycles. The molecule has 6 nitrogen and oxygen atoms in total. The molecule has 1 atom stereocenters. The molecule has 7 heteroatoms. The van der Waals surface area contributed by atoms with Crippen LogP contribution in [0, 0.1) is 6.92 Å². The number of aliphatic carboxylic acids is 1. The van der Waals surface area contributed by atoms with Crippen LogP contribution >= 0.6 is 11.6 Å². The van der Waals surface area contributed by atoms with E-state index in [1.807, 2.05) is 55.5 Å². The Morgan fingerprint density at radius 1 is 1.12 bits per heavy atom. The van der Waals surface area contributed by atoms with Crippen LogP contribution in [0.3, 0.4) is 0 Å². The maximum atomic E-state index is 11.4. The van der Waals surface area contributed by atoms with E-state index in [-0.39, 0.29) is 12.3 Å². The van der Waals surface area contributed by atoms with Gasteiger partial charge in [-0.1, -0.05) is 54.1 Å². The summed E-state index contributed by atoms with van der Waals surface area (Å²) < 4.78 is 7.60. The molecule has 4 aromatic rings. The molecule has 0 saturated carbocycles. The predicted octanol–water partition coefficient (Wildman–Crippen LogP) is 5.63. The van der Waals surface area contributed by atoms with Gasteiger partial charge in [0.2, 0.25) is 0 Å². The van der Waals surface area contributed by atoms with Crippen LogP contribution in [0.15, 0.2) is 73.1 Å². The summed E-state index contributed by atoms with van der Waals surface area (Å²) in [6.07, 6.45) is 1.36. The van der Waals surface area contributed by atoms with E-state index in [0.717, 1.165) is 32.8 Å². The number of ether oxygens (including phenoxy) is 1. The van der Waals surface area contributed by atoms with Gasteiger partial charge in [-0.25, -0.2) is 4.98 Å². The molecule has 168 valence electrons. The highest BCUT2D eigenvalue weighted by atomic mass is 35.5. The Labute approximate surface area is 197 Å². The summed E-state index contributed by atoms with van der Waals surface area (Å²) in [7, 11) is 1.76. The molecule has 0 amide bonds. The fraction of sp³-hybridized carbons (Fsp3) is 0.192. The minimum atomic E-state index is -0.891. The SMILES string of the molecule is Cc1c(Cl)cccc1-c1cccc(COc2ccc([C@H](CC(=O)O)c3ncnn3C)cc2)c1. The van der Waals surface area contributed by atoms with E-state index in [4.69, 9.17) is 16.3 Å². The van der Waals surface area contributed by atoms with Crippen molar-refractivity contribution in [3.63, 3.8) is 0 Å². The highest BCUT2D eigenvalue weighted by Gasteiger charge is 2.22. The first kappa shape index (κ1) is 22.6. The molecule has 0 spiro atoms. The maximum absolute atomic E-state index is 11.4. The Hall–Kier alpha value is -3.64. The van der Waals surface area contributed by atoms with Crippen molar-refractivity contribution in [1.82, 2.24) is 14.8 Å². The Kier molecular flexibility index (Phi) is 6.75.